The average molecular weight is 636 g/mol. The van der Waals surface area contributed by atoms with Gasteiger partial charge in [-0.1, -0.05) is 52.5 Å². The Morgan fingerprint density at radius 3 is 2.44 bits per heavy atom. The van der Waals surface area contributed by atoms with Crippen LogP contribution >= 0.6 is 11.8 Å². The number of aliphatic imine (C=N–C) groups is 1. The summed E-state index contributed by atoms with van der Waals surface area (Å²) in [6, 6.07) is 10.4. The van der Waals surface area contributed by atoms with Gasteiger partial charge in [-0.15, -0.1) is 11.8 Å². The second-order valence-electron chi connectivity index (χ2n) is 11.4. The summed E-state index contributed by atoms with van der Waals surface area (Å²) in [4.78, 5) is 40.5. The molecule has 1 fully saturated rings. The molecule has 0 radical (unpaired) electrons. The number of pyridine rings is 1. The highest BCUT2D eigenvalue weighted by molar-refractivity contribution is 8.00. The molecule has 1 aliphatic heterocycles. The number of para-hydroxylation sites is 1. The Labute approximate surface area is 267 Å². The summed E-state index contributed by atoms with van der Waals surface area (Å²) in [7, 11) is 1.56. The van der Waals surface area contributed by atoms with E-state index in [0.29, 0.717) is 37.6 Å². The fourth-order valence-corrected chi connectivity index (χ4v) is 6.57. The number of aromatic nitrogens is 1. The molecule has 238 valence electrons. The molecule has 1 unspecified atom stereocenters. The van der Waals surface area contributed by atoms with Gasteiger partial charge in [0.25, 0.3) is 0 Å². The van der Waals surface area contributed by atoms with E-state index in [1.165, 1.54) is 29.2 Å². The topological polar surface area (TPSA) is 89.3 Å². The number of piperazine rings is 1. The molecule has 1 saturated heterocycles. The van der Waals surface area contributed by atoms with Crippen molar-refractivity contribution in [3.8, 4) is 17.0 Å². The van der Waals surface area contributed by atoms with Crippen LogP contribution in [0.4, 0.5) is 20.3 Å². The molecular weight excluding hydrogens is 596 g/mol. The molecule has 1 aromatic heterocycles. The van der Waals surface area contributed by atoms with Gasteiger partial charge in [-0.05, 0) is 48.7 Å². The lowest BCUT2D eigenvalue weighted by molar-refractivity contribution is -0.128. The predicted molar refractivity (Wildman–Crippen MR) is 176 cm³/mol. The Hall–Kier alpha value is -4.25. The molecule has 0 aliphatic carbocycles. The van der Waals surface area contributed by atoms with E-state index >= 15 is 8.78 Å². The highest BCUT2D eigenvalue weighted by Crippen LogP contribution is 2.43. The van der Waals surface area contributed by atoms with E-state index in [1.54, 1.807) is 23.7 Å². The minimum atomic E-state index is -0.900. The fourth-order valence-electron chi connectivity index (χ4n) is 5.58. The number of rotatable bonds is 9. The Morgan fingerprint density at radius 1 is 1.16 bits per heavy atom. The molecule has 11 heteroatoms. The second-order valence-corrected chi connectivity index (χ2v) is 13.0. The number of hydrogen-bond donors (Lipinski definition) is 1. The molecule has 0 spiro atoms. The first kappa shape index (κ1) is 33.6. The SMILES string of the molecule is C=CC(=O)N1CCN(/C(=N/C)c2cc(F)c(-c3c(O)cccc3F)nc2N(C=O)c2c(SC(C)C)cccc2C(C)C)C(C)C1. The molecule has 2 heterocycles. The van der Waals surface area contributed by atoms with Gasteiger partial charge < -0.3 is 14.9 Å². The first-order chi connectivity index (χ1) is 21.4. The molecule has 1 aliphatic rings. The van der Waals surface area contributed by atoms with Gasteiger partial charge in [0.1, 0.15) is 23.1 Å². The van der Waals surface area contributed by atoms with Gasteiger partial charge in [0.2, 0.25) is 12.3 Å². The predicted octanol–water partition coefficient (Wildman–Crippen LogP) is 6.75. The fraction of sp³-hybridized carbons (Fsp3) is 0.353. The van der Waals surface area contributed by atoms with Gasteiger partial charge in [-0.2, -0.15) is 0 Å². The standard InChI is InChI=1S/C34H39F2N5O3S/c1-8-29(44)39-15-16-40(22(6)18-39)33(37-7)24-17-26(36)31(30-25(35)12-10-13-27(30)43)38-34(24)41(19-42)32-23(20(2)3)11-9-14-28(32)45-21(4)5/h8-14,17,19-22,43H,1,15-16,18H2,2-7H3/b37-33+. The second kappa shape index (κ2) is 14.2. The number of aromatic hydroxyl groups is 1. The van der Waals surface area contributed by atoms with Crippen LogP contribution in [0.15, 0.2) is 65.0 Å². The molecule has 0 saturated carbocycles. The van der Waals surface area contributed by atoms with Crippen LogP contribution in [-0.4, -0.2) is 76.0 Å². The maximum absolute atomic E-state index is 16.1. The van der Waals surface area contributed by atoms with Gasteiger partial charge in [0.15, 0.2) is 11.6 Å². The lowest BCUT2D eigenvalue weighted by atomic mass is 9.99. The van der Waals surface area contributed by atoms with Crippen molar-refractivity contribution in [2.45, 2.75) is 56.7 Å². The lowest BCUT2D eigenvalue weighted by Gasteiger charge is -2.41. The van der Waals surface area contributed by atoms with Crippen LogP contribution in [0.3, 0.4) is 0 Å². The Kier molecular flexibility index (Phi) is 10.6. The number of benzene rings is 2. The molecule has 2 aromatic carbocycles. The highest BCUT2D eigenvalue weighted by Gasteiger charge is 2.33. The number of amides is 2. The number of carbonyl (C=O) groups is 2. The summed E-state index contributed by atoms with van der Waals surface area (Å²) in [5, 5.41) is 10.8. The van der Waals surface area contributed by atoms with Gasteiger partial charge in [-0.25, -0.2) is 13.8 Å². The molecule has 1 N–H and O–H groups in total. The van der Waals surface area contributed by atoms with Crippen LogP contribution in [0.5, 0.6) is 5.75 Å². The van der Waals surface area contributed by atoms with Crippen molar-refractivity contribution in [1.82, 2.24) is 14.8 Å². The number of anilines is 2. The first-order valence-electron chi connectivity index (χ1n) is 14.8. The number of halogens is 2. The number of thioether (sulfide) groups is 1. The van der Waals surface area contributed by atoms with Gasteiger partial charge >= 0.3 is 0 Å². The third-order valence-electron chi connectivity index (χ3n) is 7.61. The van der Waals surface area contributed by atoms with Gasteiger partial charge in [0, 0.05) is 42.9 Å². The van der Waals surface area contributed by atoms with E-state index < -0.39 is 28.6 Å². The van der Waals surface area contributed by atoms with Crippen molar-refractivity contribution in [3.63, 3.8) is 0 Å². The molecule has 2 amide bonds. The van der Waals surface area contributed by atoms with Gasteiger partial charge in [0.05, 0.1) is 16.8 Å². The van der Waals surface area contributed by atoms with Crippen LogP contribution in [0.25, 0.3) is 11.3 Å². The van der Waals surface area contributed by atoms with E-state index in [-0.39, 0.29) is 34.5 Å². The summed E-state index contributed by atoms with van der Waals surface area (Å²) in [6.45, 7) is 14.7. The van der Waals surface area contributed by atoms with Crippen LogP contribution in [0, 0.1) is 11.6 Å². The summed E-state index contributed by atoms with van der Waals surface area (Å²) in [5.74, 6) is -2.06. The summed E-state index contributed by atoms with van der Waals surface area (Å²) in [5.41, 5.74) is 0.787. The Bertz CT molecular complexity index is 1610. The smallest absolute Gasteiger partial charge is 0.246 e. The third-order valence-corrected chi connectivity index (χ3v) is 8.67. The zero-order chi connectivity index (χ0) is 33.0. The highest BCUT2D eigenvalue weighted by atomic mass is 32.2. The molecule has 45 heavy (non-hydrogen) atoms. The minimum Gasteiger partial charge on any atom is -0.507 e. The number of phenolic OH excluding ortho intramolecular Hbond substituents is 1. The normalized spacial score (nSPS) is 15.5. The summed E-state index contributed by atoms with van der Waals surface area (Å²) >= 11 is 1.57. The average Bonchev–Trinajstić information content (AvgIpc) is 2.99. The van der Waals surface area contributed by atoms with Crippen molar-refractivity contribution in [2.24, 2.45) is 4.99 Å². The first-order valence-corrected chi connectivity index (χ1v) is 15.7. The zero-order valence-electron chi connectivity index (χ0n) is 26.4. The largest absolute Gasteiger partial charge is 0.507 e. The third kappa shape index (κ3) is 6.88. The zero-order valence-corrected chi connectivity index (χ0v) is 27.2. The van der Waals surface area contributed by atoms with E-state index in [0.717, 1.165) is 16.5 Å². The molecule has 4 rings (SSSR count). The minimum absolute atomic E-state index is 0.00366. The van der Waals surface area contributed by atoms with Crippen LogP contribution in [-0.2, 0) is 9.59 Å². The number of carbonyl (C=O) groups excluding carboxylic acids is 2. The van der Waals surface area contributed by atoms with E-state index in [2.05, 4.69) is 16.6 Å². The quantitative estimate of drug-likeness (QED) is 0.0921. The molecule has 0 bridgehead atoms. The maximum Gasteiger partial charge on any atom is 0.246 e. The van der Waals surface area contributed by atoms with Crippen molar-refractivity contribution >= 4 is 41.4 Å². The number of nitrogens with zero attached hydrogens (tertiary/aromatic N) is 5. The Morgan fingerprint density at radius 2 is 1.87 bits per heavy atom. The van der Waals surface area contributed by atoms with Gasteiger partial charge in [-0.3, -0.25) is 19.5 Å². The number of phenols is 1. The van der Waals surface area contributed by atoms with Crippen molar-refractivity contribution in [2.75, 3.05) is 31.6 Å². The molecule has 1 atom stereocenters. The van der Waals surface area contributed by atoms with Crippen LogP contribution in [0.2, 0.25) is 0 Å². The number of hydrogen-bond acceptors (Lipinski definition) is 6. The summed E-state index contributed by atoms with van der Waals surface area (Å²) in [6.07, 6.45) is 1.89. The molecular formula is C34H39F2N5O3S. The van der Waals surface area contributed by atoms with Crippen molar-refractivity contribution < 1.29 is 23.5 Å². The summed E-state index contributed by atoms with van der Waals surface area (Å²) < 4.78 is 31.2. The lowest BCUT2D eigenvalue weighted by Crippen LogP contribution is -2.55. The monoisotopic (exact) mass is 635 g/mol. The van der Waals surface area contributed by atoms with Crippen LogP contribution < -0.4 is 4.90 Å². The molecule has 3 aromatic rings. The van der Waals surface area contributed by atoms with Crippen molar-refractivity contribution in [1.29, 1.82) is 0 Å². The maximum atomic E-state index is 16.1. The van der Waals surface area contributed by atoms with Crippen LogP contribution in [0.1, 0.15) is 51.7 Å². The molecule has 8 nitrogen and oxygen atoms in total. The van der Waals surface area contributed by atoms with E-state index in [1.807, 2.05) is 57.7 Å². The van der Waals surface area contributed by atoms with E-state index in [9.17, 15) is 14.7 Å². The number of amidine groups is 1. The van der Waals surface area contributed by atoms with Crippen molar-refractivity contribution in [3.05, 3.63) is 77.9 Å². The Balaban J connectivity index is 2.01. The van der Waals surface area contributed by atoms with E-state index in [4.69, 9.17) is 0 Å².